The van der Waals surface area contributed by atoms with Gasteiger partial charge in [0.1, 0.15) is 5.76 Å². The van der Waals surface area contributed by atoms with E-state index in [1.54, 1.807) is 6.26 Å². The Morgan fingerprint density at radius 3 is 3.00 bits per heavy atom. The van der Waals surface area contributed by atoms with E-state index in [1.807, 2.05) is 18.3 Å². The minimum atomic E-state index is 0.518. The molecule has 0 saturated heterocycles. The van der Waals surface area contributed by atoms with Gasteiger partial charge in [-0.25, -0.2) is 0 Å². The van der Waals surface area contributed by atoms with Gasteiger partial charge in [-0.3, -0.25) is 4.99 Å². The van der Waals surface area contributed by atoms with E-state index >= 15 is 0 Å². The molecule has 1 aromatic heterocycles. The molecule has 1 heterocycles. The van der Waals surface area contributed by atoms with Crippen molar-refractivity contribution in [3.05, 3.63) is 24.2 Å². The Morgan fingerprint density at radius 2 is 2.45 bits per heavy atom. The molecular formula is C9H13NO. The minimum absolute atomic E-state index is 0.518. The maximum Gasteiger partial charge on any atom is 0.125 e. The van der Waals surface area contributed by atoms with Gasteiger partial charge in [0, 0.05) is 6.21 Å². The van der Waals surface area contributed by atoms with Gasteiger partial charge < -0.3 is 4.42 Å². The van der Waals surface area contributed by atoms with Crippen LogP contribution in [-0.4, -0.2) is 6.21 Å². The second-order valence-corrected chi connectivity index (χ2v) is 2.81. The molecule has 0 atom stereocenters. The largest absolute Gasteiger partial charge is 0.467 e. The van der Waals surface area contributed by atoms with Crippen LogP contribution in [0.1, 0.15) is 19.6 Å². The number of hydrogen-bond donors (Lipinski definition) is 0. The summed E-state index contributed by atoms with van der Waals surface area (Å²) in [7, 11) is 0. The van der Waals surface area contributed by atoms with Crippen LogP contribution in [0.5, 0.6) is 0 Å². The Morgan fingerprint density at radius 1 is 1.64 bits per heavy atom. The zero-order chi connectivity index (χ0) is 8.10. The van der Waals surface area contributed by atoms with Crippen molar-refractivity contribution in [3.8, 4) is 0 Å². The fourth-order valence-electron chi connectivity index (χ4n) is 0.756. The smallest absolute Gasteiger partial charge is 0.125 e. The number of furan rings is 1. The SMILES string of the molecule is CC(C)C=NCc1ccco1. The second-order valence-electron chi connectivity index (χ2n) is 2.81. The lowest BCUT2D eigenvalue weighted by Gasteiger charge is -1.91. The Labute approximate surface area is 66.9 Å². The summed E-state index contributed by atoms with van der Waals surface area (Å²) in [6.45, 7) is 4.86. The van der Waals surface area contributed by atoms with Crippen LogP contribution in [0.2, 0.25) is 0 Å². The third-order valence-corrected chi connectivity index (χ3v) is 1.23. The summed E-state index contributed by atoms with van der Waals surface area (Å²) in [5.41, 5.74) is 0. The minimum Gasteiger partial charge on any atom is -0.467 e. The van der Waals surface area contributed by atoms with Gasteiger partial charge in [0.25, 0.3) is 0 Å². The number of aliphatic imine (C=N–C) groups is 1. The van der Waals surface area contributed by atoms with E-state index in [9.17, 15) is 0 Å². The molecule has 1 rings (SSSR count). The van der Waals surface area contributed by atoms with Crippen molar-refractivity contribution >= 4 is 6.21 Å². The summed E-state index contributed by atoms with van der Waals surface area (Å²) >= 11 is 0. The van der Waals surface area contributed by atoms with E-state index in [4.69, 9.17) is 4.42 Å². The van der Waals surface area contributed by atoms with Crippen LogP contribution in [0, 0.1) is 5.92 Å². The first kappa shape index (κ1) is 8.05. The molecule has 11 heavy (non-hydrogen) atoms. The van der Waals surface area contributed by atoms with Gasteiger partial charge in [-0.1, -0.05) is 13.8 Å². The van der Waals surface area contributed by atoms with Gasteiger partial charge in [-0.05, 0) is 18.1 Å². The van der Waals surface area contributed by atoms with Crippen molar-refractivity contribution in [2.75, 3.05) is 0 Å². The third-order valence-electron chi connectivity index (χ3n) is 1.23. The van der Waals surface area contributed by atoms with Crippen LogP contribution in [0.3, 0.4) is 0 Å². The molecule has 0 amide bonds. The molecule has 0 aromatic carbocycles. The molecule has 0 N–H and O–H groups in total. The standard InChI is InChI=1S/C9H13NO/c1-8(2)6-10-7-9-4-3-5-11-9/h3-6,8H,7H2,1-2H3. The summed E-state index contributed by atoms with van der Waals surface area (Å²) in [4.78, 5) is 4.19. The Balaban J connectivity index is 2.34. The average Bonchev–Trinajstić information content (AvgIpc) is 2.39. The lowest BCUT2D eigenvalue weighted by atomic mass is 10.2. The van der Waals surface area contributed by atoms with Gasteiger partial charge >= 0.3 is 0 Å². The van der Waals surface area contributed by atoms with Crippen LogP contribution in [-0.2, 0) is 6.54 Å². The molecule has 0 radical (unpaired) electrons. The maximum absolute atomic E-state index is 5.10. The van der Waals surface area contributed by atoms with Crippen molar-refractivity contribution in [2.45, 2.75) is 20.4 Å². The molecule has 60 valence electrons. The van der Waals surface area contributed by atoms with Gasteiger partial charge in [0.15, 0.2) is 0 Å². The monoisotopic (exact) mass is 151 g/mol. The number of rotatable bonds is 3. The highest BCUT2D eigenvalue weighted by molar-refractivity contribution is 5.59. The molecule has 0 fully saturated rings. The van der Waals surface area contributed by atoms with Crippen molar-refractivity contribution < 1.29 is 4.42 Å². The highest BCUT2D eigenvalue weighted by Crippen LogP contribution is 2.01. The van der Waals surface area contributed by atoms with Gasteiger partial charge in [0.05, 0.1) is 12.8 Å². The lowest BCUT2D eigenvalue weighted by Crippen LogP contribution is -1.87. The summed E-state index contributed by atoms with van der Waals surface area (Å²) in [5.74, 6) is 1.44. The molecule has 0 aliphatic rings. The Bertz CT molecular complexity index is 211. The zero-order valence-electron chi connectivity index (χ0n) is 6.95. The molecule has 0 aliphatic carbocycles. The summed E-state index contributed by atoms with van der Waals surface area (Å²) in [6.07, 6.45) is 3.60. The van der Waals surface area contributed by atoms with Crippen molar-refractivity contribution in [3.63, 3.8) is 0 Å². The molecule has 1 aromatic rings. The van der Waals surface area contributed by atoms with E-state index < -0.39 is 0 Å². The first-order valence-corrected chi connectivity index (χ1v) is 3.81. The van der Waals surface area contributed by atoms with Crippen molar-refractivity contribution in [1.29, 1.82) is 0 Å². The molecule has 0 bridgehead atoms. The highest BCUT2D eigenvalue weighted by atomic mass is 16.3. The molecule has 2 nitrogen and oxygen atoms in total. The molecule has 0 aliphatic heterocycles. The second kappa shape index (κ2) is 3.96. The predicted octanol–water partition coefficient (Wildman–Crippen LogP) is 2.51. The van der Waals surface area contributed by atoms with E-state index in [-0.39, 0.29) is 0 Å². The van der Waals surface area contributed by atoms with Crippen LogP contribution >= 0.6 is 0 Å². The highest BCUT2D eigenvalue weighted by Gasteiger charge is 1.90. The molecule has 0 saturated carbocycles. The zero-order valence-corrected chi connectivity index (χ0v) is 6.95. The topological polar surface area (TPSA) is 25.5 Å². The van der Waals surface area contributed by atoms with Crippen LogP contribution in [0.25, 0.3) is 0 Å². The van der Waals surface area contributed by atoms with Crippen LogP contribution < -0.4 is 0 Å². The van der Waals surface area contributed by atoms with E-state index in [0.717, 1.165) is 5.76 Å². The van der Waals surface area contributed by atoms with Crippen LogP contribution in [0.15, 0.2) is 27.8 Å². The summed E-state index contributed by atoms with van der Waals surface area (Å²) in [6, 6.07) is 3.80. The molecule has 2 heteroatoms. The first-order chi connectivity index (χ1) is 5.29. The van der Waals surface area contributed by atoms with E-state index in [1.165, 1.54) is 0 Å². The molecule has 0 unspecified atom stereocenters. The fraction of sp³-hybridized carbons (Fsp3) is 0.444. The lowest BCUT2D eigenvalue weighted by molar-refractivity contribution is 0.512. The van der Waals surface area contributed by atoms with Gasteiger partial charge in [-0.15, -0.1) is 0 Å². The van der Waals surface area contributed by atoms with E-state index in [0.29, 0.717) is 12.5 Å². The Kier molecular flexibility index (Phi) is 2.90. The third kappa shape index (κ3) is 3.03. The maximum atomic E-state index is 5.10. The Hall–Kier alpha value is -1.05. The molecular weight excluding hydrogens is 138 g/mol. The number of nitrogens with zero attached hydrogens (tertiary/aromatic N) is 1. The first-order valence-electron chi connectivity index (χ1n) is 3.81. The van der Waals surface area contributed by atoms with Gasteiger partial charge in [-0.2, -0.15) is 0 Å². The predicted molar refractivity (Wildman–Crippen MR) is 45.7 cm³/mol. The summed E-state index contributed by atoms with van der Waals surface area (Å²) in [5, 5.41) is 0. The van der Waals surface area contributed by atoms with Crippen molar-refractivity contribution in [1.82, 2.24) is 0 Å². The van der Waals surface area contributed by atoms with Gasteiger partial charge in [0.2, 0.25) is 0 Å². The quantitative estimate of drug-likeness (QED) is 0.609. The fourth-order valence-corrected chi connectivity index (χ4v) is 0.756. The molecule has 0 spiro atoms. The average molecular weight is 151 g/mol. The van der Waals surface area contributed by atoms with Crippen molar-refractivity contribution in [2.24, 2.45) is 10.9 Å². The van der Waals surface area contributed by atoms with E-state index in [2.05, 4.69) is 18.8 Å². The summed E-state index contributed by atoms with van der Waals surface area (Å²) < 4.78 is 5.10. The normalized spacial score (nSPS) is 11.5. The van der Waals surface area contributed by atoms with Crippen LogP contribution in [0.4, 0.5) is 0 Å². The number of hydrogen-bond acceptors (Lipinski definition) is 2.